The first kappa shape index (κ1) is 14.6. The molecule has 0 aliphatic heterocycles. The second-order valence-electron chi connectivity index (χ2n) is 4.21. The monoisotopic (exact) mass is 290 g/mol. The molecule has 0 heterocycles. The van der Waals surface area contributed by atoms with Crippen molar-refractivity contribution < 1.29 is 18.7 Å². The number of carbonyl (C=O) groups excluding carboxylic acids is 1. The maximum atomic E-state index is 13.6. The van der Waals surface area contributed by atoms with Gasteiger partial charge in [-0.2, -0.15) is 0 Å². The normalized spacial score (nSPS) is 10.2. The zero-order valence-corrected chi connectivity index (χ0v) is 11.4. The number of amides is 1. The molecule has 0 saturated carbocycles. The van der Waals surface area contributed by atoms with E-state index in [4.69, 9.17) is 20.9 Å². The number of hydrogen-bond donors (Lipinski definition) is 2. The molecule has 0 unspecified atom stereocenters. The number of rotatable bonds is 5. The van der Waals surface area contributed by atoms with Crippen molar-refractivity contribution in [1.82, 2.24) is 0 Å². The largest absolute Gasteiger partial charge is 0.492 e. The lowest BCUT2D eigenvalue weighted by molar-refractivity contribution is 0.0994. The highest BCUT2D eigenvalue weighted by atomic mass is 19.1. The third kappa shape index (κ3) is 3.22. The van der Waals surface area contributed by atoms with Crippen LogP contribution in [-0.4, -0.2) is 12.5 Å². The fourth-order valence-corrected chi connectivity index (χ4v) is 1.81. The molecular formula is C15H15FN2O3. The standard InChI is InChI=1S/C15H15FN2O3/c1-2-20-13-8-9(6-7-11(13)17)21-12-5-3-4-10(16)14(12)15(18)19/h3-8H,2,17H2,1H3,(H2,18,19). The van der Waals surface area contributed by atoms with Crippen molar-refractivity contribution >= 4 is 11.6 Å². The van der Waals surface area contributed by atoms with Gasteiger partial charge in [-0.05, 0) is 31.2 Å². The van der Waals surface area contributed by atoms with Crippen LogP contribution < -0.4 is 20.9 Å². The van der Waals surface area contributed by atoms with Crippen molar-refractivity contribution in [2.45, 2.75) is 6.92 Å². The van der Waals surface area contributed by atoms with E-state index in [2.05, 4.69) is 0 Å². The molecular weight excluding hydrogens is 275 g/mol. The second kappa shape index (κ2) is 6.13. The molecule has 110 valence electrons. The van der Waals surface area contributed by atoms with Gasteiger partial charge in [-0.1, -0.05) is 6.07 Å². The Kier molecular flexibility index (Phi) is 4.27. The van der Waals surface area contributed by atoms with Crippen LogP contribution in [0.2, 0.25) is 0 Å². The Bertz CT molecular complexity index is 674. The van der Waals surface area contributed by atoms with Crippen LogP contribution in [0.1, 0.15) is 17.3 Å². The van der Waals surface area contributed by atoms with Gasteiger partial charge >= 0.3 is 0 Å². The second-order valence-corrected chi connectivity index (χ2v) is 4.21. The van der Waals surface area contributed by atoms with Gasteiger partial charge in [-0.25, -0.2) is 4.39 Å². The Hall–Kier alpha value is -2.76. The topological polar surface area (TPSA) is 87.6 Å². The van der Waals surface area contributed by atoms with E-state index >= 15 is 0 Å². The van der Waals surface area contributed by atoms with Crippen LogP contribution in [0.4, 0.5) is 10.1 Å². The third-order valence-corrected chi connectivity index (χ3v) is 2.73. The summed E-state index contributed by atoms with van der Waals surface area (Å²) < 4.78 is 24.5. The van der Waals surface area contributed by atoms with Crippen molar-refractivity contribution in [3.8, 4) is 17.2 Å². The van der Waals surface area contributed by atoms with Gasteiger partial charge in [0.25, 0.3) is 5.91 Å². The van der Waals surface area contributed by atoms with Crippen LogP contribution in [0, 0.1) is 5.82 Å². The van der Waals surface area contributed by atoms with Gasteiger partial charge in [0.05, 0.1) is 12.3 Å². The number of ether oxygens (including phenoxy) is 2. The molecule has 0 saturated heterocycles. The molecule has 4 N–H and O–H groups in total. The average molecular weight is 290 g/mol. The van der Waals surface area contributed by atoms with Crippen LogP contribution in [-0.2, 0) is 0 Å². The molecule has 1 amide bonds. The summed E-state index contributed by atoms with van der Waals surface area (Å²) in [6.45, 7) is 2.27. The molecule has 2 aromatic carbocycles. The van der Waals surface area contributed by atoms with Crippen LogP contribution >= 0.6 is 0 Å². The number of halogens is 1. The van der Waals surface area contributed by atoms with Gasteiger partial charge in [0.1, 0.15) is 28.6 Å². The quantitative estimate of drug-likeness (QED) is 0.829. The maximum absolute atomic E-state index is 13.6. The molecule has 0 atom stereocenters. The first-order valence-electron chi connectivity index (χ1n) is 6.31. The number of nitrogens with two attached hydrogens (primary N) is 2. The summed E-state index contributed by atoms with van der Waals surface area (Å²) in [5, 5.41) is 0. The highest BCUT2D eigenvalue weighted by Gasteiger charge is 2.16. The molecule has 21 heavy (non-hydrogen) atoms. The lowest BCUT2D eigenvalue weighted by Crippen LogP contribution is -2.14. The lowest BCUT2D eigenvalue weighted by Gasteiger charge is -2.12. The number of anilines is 1. The number of nitrogen functional groups attached to an aromatic ring is 1. The minimum atomic E-state index is -0.899. The molecule has 0 bridgehead atoms. The van der Waals surface area contributed by atoms with E-state index in [1.807, 2.05) is 6.92 Å². The number of benzene rings is 2. The van der Waals surface area contributed by atoms with Crippen LogP contribution in [0.5, 0.6) is 17.2 Å². The predicted octanol–water partition coefficient (Wildman–Crippen LogP) is 2.70. The van der Waals surface area contributed by atoms with E-state index in [-0.39, 0.29) is 11.3 Å². The molecule has 2 rings (SSSR count). The van der Waals surface area contributed by atoms with Gasteiger partial charge in [0.15, 0.2) is 0 Å². The molecule has 0 fully saturated rings. The summed E-state index contributed by atoms with van der Waals surface area (Å²) in [4.78, 5) is 11.3. The molecule has 0 radical (unpaired) electrons. The number of primary amides is 1. The van der Waals surface area contributed by atoms with E-state index in [0.29, 0.717) is 23.8 Å². The van der Waals surface area contributed by atoms with Crippen molar-refractivity contribution in [1.29, 1.82) is 0 Å². The zero-order valence-electron chi connectivity index (χ0n) is 11.4. The van der Waals surface area contributed by atoms with Crippen molar-refractivity contribution in [3.63, 3.8) is 0 Å². The Morgan fingerprint density at radius 2 is 2.00 bits per heavy atom. The third-order valence-electron chi connectivity index (χ3n) is 2.73. The van der Waals surface area contributed by atoms with Crippen molar-refractivity contribution in [3.05, 3.63) is 47.8 Å². The highest BCUT2D eigenvalue weighted by Crippen LogP contribution is 2.32. The average Bonchev–Trinajstić information content (AvgIpc) is 2.42. The summed E-state index contributed by atoms with van der Waals surface area (Å²) in [5.41, 5.74) is 11.1. The van der Waals surface area contributed by atoms with Crippen molar-refractivity contribution in [2.75, 3.05) is 12.3 Å². The van der Waals surface area contributed by atoms with E-state index in [0.717, 1.165) is 6.07 Å². The summed E-state index contributed by atoms with van der Waals surface area (Å²) in [7, 11) is 0. The van der Waals surface area contributed by atoms with E-state index < -0.39 is 11.7 Å². The summed E-state index contributed by atoms with van der Waals surface area (Å²) in [5.74, 6) is -0.786. The van der Waals surface area contributed by atoms with E-state index in [9.17, 15) is 9.18 Å². The van der Waals surface area contributed by atoms with E-state index in [1.165, 1.54) is 12.1 Å². The lowest BCUT2D eigenvalue weighted by atomic mass is 10.2. The fraction of sp³-hybridized carbons (Fsp3) is 0.133. The van der Waals surface area contributed by atoms with Crippen LogP contribution in [0.3, 0.4) is 0 Å². The van der Waals surface area contributed by atoms with Gasteiger partial charge in [-0.3, -0.25) is 4.79 Å². The Balaban J connectivity index is 2.37. The SMILES string of the molecule is CCOc1cc(Oc2cccc(F)c2C(N)=O)ccc1N. The minimum absolute atomic E-state index is 0.0368. The Morgan fingerprint density at radius 3 is 2.67 bits per heavy atom. The Morgan fingerprint density at radius 1 is 1.24 bits per heavy atom. The van der Waals surface area contributed by atoms with Gasteiger partial charge < -0.3 is 20.9 Å². The fourth-order valence-electron chi connectivity index (χ4n) is 1.81. The summed E-state index contributed by atoms with van der Waals surface area (Å²) in [6.07, 6.45) is 0. The highest BCUT2D eigenvalue weighted by molar-refractivity contribution is 5.96. The van der Waals surface area contributed by atoms with Crippen LogP contribution in [0.25, 0.3) is 0 Å². The summed E-state index contributed by atoms with van der Waals surface area (Å²) >= 11 is 0. The molecule has 5 nitrogen and oxygen atoms in total. The van der Waals surface area contributed by atoms with Gasteiger partial charge in [0, 0.05) is 6.07 Å². The predicted molar refractivity (Wildman–Crippen MR) is 77.0 cm³/mol. The van der Waals surface area contributed by atoms with E-state index in [1.54, 1.807) is 18.2 Å². The molecule has 2 aromatic rings. The molecule has 0 aliphatic carbocycles. The molecule has 0 aliphatic rings. The molecule has 0 spiro atoms. The maximum Gasteiger partial charge on any atom is 0.255 e. The van der Waals surface area contributed by atoms with Gasteiger partial charge in [-0.15, -0.1) is 0 Å². The van der Waals surface area contributed by atoms with Crippen molar-refractivity contribution in [2.24, 2.45) is 5.73 Å². The summed E-state index contributed by atoms with van der Waals surface area (Å²) in [6, 6.07) is 8.78. The minimum Gasteiger partial charge on any atom is -0.492 e. The molecule has 6 heteroatoms. The zero-order chi connectivity index (χ0) is 15.4. The van der Waals surface area contributed by atoms with Gasteiger partial charge in [0.2, 0.25) is 0 Å². The smallest absolute Gasteiger partial charge is 0.255 e. The first-order valence-corrected chi connectivity index (χ1v) is 6.31. The first-order chi connectivity index (χ1) is 10.0. The number of hydrogen-bond acceptors (Lipinski definition) is 4. The van der Waals surface area contributed by atoms with Crippen LogP contribution in [0.15, 0.2) is 36.4 Å². The Labute approximate surface area is 121 Å². The molecule has 0 aromatic heterocycles. The number of carbonyl (C=O) groups is 1.